The zero-order valence-electron chi connectivity index (χ0n) is 5.49. The molecule has 10 heavy (non-hydrogen) atoms. The minimum atomic E-state index is -1.16. The highest BCUT2D eigenvalue weighted by molar-refractivity contribution is 8.00. The number of carboxylic acids is 1. The molecule has 4 heteroatoms. The zero-order chi connectivity index (χ0) is 7.56. The highest BCUT2D eigenvalue weighted by Crippen LogP contribution is 2.28. The van der Waals surface area contributed by atoms with Crippen molar-refractivity contribution in [2.24, 2.45) is 0 Å². The molecule has 1 fully saturated rings. The monoisotopic (exact) mass is 162 g/mol. The Morgan fingerprint density at radius 2 is 2.40 bits per heavy atom. The van der Waals surface area contributed by atoms with E-state index in [2.05, 4.69) is 0 Å². The van der Waals surface area contributed by atoms with Crippen molar-refractivity contribution in [3.8, 4) is 0 Å². The lowest BCUT2D eigenvalue weighted by Crippen LogP contribution is -2.29. The summed E-state index contributed by atoms with van der Waals surface area (Å²) in [5.41, 5.74) is 0. The summed E-state index contributed by atoms with van der Waals surface area (Å²) in [6.45, 7) is 0. The van der Waals surface area contributed by atoms with Crippen molar-refractivity contribution in [3.05, 3.63) is 0 Å². The van der Waals surface area contributed by atoms with Gasteiger partial charge in [-0.15, -0.1) is 0 Å². The van der Waals surface area contributed by atoms with Gasteiger partial charge in [-0.3, -0.25) is 0 Å². The van der Waals surface area contributed by atoms with E-state index in [0.29, 0.717) is 0 Å². The maximum Gasteiger partial charge on any atom is 0.333 e. The fourth-order valence-corrected chi connectivity index (χ4v) is 2.28. The van der Waals surface area contributed by atoms with Gasteiger partial charge < -0.3 is 10.2 Å². The second-order valence-electron chi connectivity index (χ2n) is 2.33. The van der Waals surface area contributed by atoms with Crippen molar-refractivity contribution in [2.75, 3.05) is 5.75 Å². The summed E-state index contributed by atoms with van der Waals surface area (Å²) in [7, 11) is 0. The van der Waals surface area contributed by atoms with Gasteiger partial charge in [-0.25, -0.2) is 4.79 Å². The second kappa shape index (κ2) is 3.25. The van der Waals surface area contributed by atoms with Crippen LogP contribution < -0.4 is 0 Å². The average Bonchev–Trinajstić information content (AvgIpc) is 2.36. The summed E-state index contributed by atoms with van der Waals surface area (Å²) >= 11 is 1.55. The molecule has 3 nitrogen and oxygen atoms in total. The Bertz CT molecular complexity index is 131. The van der Waals surface area contributed by atoms with E-state index in [1.54, 1.807) is 11.8 Å². The number of rotatable bonds is 2. The number of aliphatic carboxylic acids is 1. The molecule has 1 rings (SSSR count). The Labute approximate surface area is 63.4 Å². The highest BCUT2D eigenvalue weighted by atomic mass is 32.2. The molecule has 1 heterocycles. The summed E-state index contributed by atoms with van der Waals surface area (Å²) in [5.74, 6) is -0.117. The number of aliphatic hydroxyl groups excluding tert-OH is 1. The number of hydrogen-bond acceptors (Lipinski definition) is 3. The molecule has 1 saturated heterocycles. The van der Waals surface area contributed by atoms with Crippen LogP contribution in [0.15, 0.2) is 0 Å². The first-order chi connectivity index (χ1) is 4.72. The summed E-state index contributed by atoms with van der Waals surface area (Å²) in [6.07, 6.45) is 0.699. The quantitative estimate of drug-likeness (QED) is 0.614. The summed E-state index contributed by atoms with van der Waals surface area (Å²) in [4.78, 5) is 10.2. The number of carbonyl (C=O) groups is 1. The van der Waals surface area contributed by atoms with Gasteiger partial charge in [0.2, 0.25) is 0 Å². The van der Waals surface area contributed by atoms with Crippen LogP contribution in [0.2, 0.25) is 0 Å². The summed E-state index contributed by atoms with van der Waals surface area (Å²) < 4.78 is 0. The van der Waals surface area contributed by atoms with Gasteiger partial charge in [0.05, 0.1) is 0 Å². The third-order valence-corrected chi connectivity index (χ3v) is 3.02. The van der Waals surface area contributed by atoms with Crippen molar-refractivity contribution >= 4 is 17.7 Å². The van der Waals surface area contributed by atoms with E-state index in [1.165, 1.54) is 0 Å². The lowest BCUT2D eigenvalue weighted by Gasteiger charge is -2.10. The van der Waals surface area contributed by atoms with Crippen molar-refractivity contribution < 1.29 is 15.0 Å². The zero-order valence-corrected chi connectivity index (χ0v) is 6.30. The molecule has 0 amide bonds. The molecule has 0 aromatic carbocycles. The van der Waals surface area contributed by atoms with Crippen LogP contribution in [-0.4, -0.2) is 33.3 Å². The lowest BCUT2D eigenvalue weighted by atomic mass is 10.2. The molecule has 2 atom stereocenters. The molecule has 1 aliphatic heterocycles. The molecular formula is C6H10O3S. The van der Waals surface area contributed by atoms with Crippen LogP contribution >= 0.6 is 11.8 Å². The number of aliphatic hydroxyl groups is 1. The number of hydrogen-bond donors (Lipinski definition) is 2. The van der Waals surface area contributed by atoms with Crippen LogP contribution in [0.4, 0.5) is 0 Å². The van der Waals surface area contributed by atoms with Crippen molar-refractivity contribution in [3.63, 3.8) is 0 Å². The van der Waals surface area contributed by atoms with Gasteiger partial charge in [-0.2, -0.15) is 11.8 Å². The Morgan fingerprint density at radius 1 is 1.70 bits per heavy atom. The molecule has 1 aliphatic rings. The molecule has 0 aliphatic carbocycles. The van der Waals surface area contributed by atoms with Crippen LogP contribution in [0, 0.1) is 0 Å². The molecule has 58 valence electrons. The van der Waals surface area contributed by atoms with Crippen LogP contribution in [0.1, 0.15) is 12.8 Å². The highest BCUT2D eigenvalue weighted by Gasteiger charge is 2.28. The van der Waals surface area contributed by atoms with Gasteiger partial charge >= 0.3 is 5.97 Å². The molecule has 2 N–H and O–H groups in total. The second-order valence-corrected chi connectivity index (χ2v) is 3.68. The molecule has 0 aromatic rings. The largest absolute Gasteiger partial charge is 0.479 e. The van der Waals surface area contributed by atoms with E-state index >= 15 is 0 Å². The third kappa shape index (κ3) is 1.64. The Balaban J connectivity index is 2.39. The predicted molar refractivity (Wildman–Crippen MR) is 39.1 cm³/mol. The molecule has 0 radical (unpaired) electrons. The van der Waals surface area contributed by atoms with Crippen LogP contribution in [0.3, 0.4) is 0 Å². The Kier molecular flexibility index (Phi) is 2.56. The van der Waals surface area contributed by atoms with Gasteiger partial charge in [0, 0.05) is 5.25 Å². The minimum absolute atomic E-state index is 0.0718. The fourth-order valence-electron chi connectivity index (χ4n) is 1.01. The first kappa shape index (κ1) is 7.88. The van der Waals surface area contributed by atoms with Gasteiger partial charge in [0.1, 0.15) is 0 Å². The minimum Gasteiger partial charge on any atom is -0.479 e. The standard InChI is InChI=1S/C6H10O3S/c7-5(6(8)9)4-2-1-3-10-4/h4-5,7H,1-3H2,(H,8,9). The van der Waals surface area contributed by atoms with Crippen LogP contribution in [0.25, 0.3) is 0 Å². The van der Waals surface area contributed by atoms with Gasteiger partial charge in [0.15, 0.2) is 6.10 Å². The van der Waals surface area contributed by atoms with E-state index < -0.39 is 12.1 Å². The van der Waals surface area contributed by atoms with E-state index in [9.17, 15) is 4.79 Å². The van der Waals surface area contributed by atoms with Crippen LogP contribution in [-0.2, 0) is 4.79 Å². The fraction of sp³-hybridized carbons (Fsp3) is 0.833. The summed E-state index contributed by atoms with van der Waals surface area (Å²) in [6, 6.07) is 0. The number of thioether (sulfide) groups is 1. The molecule has 0 saturated carbocycles. The Morgan fingerprint density at radius 3 is 2.80 bits per heavy atom. The average molecular weight is 162 g/mol. The van der Waals surface area contributed by atoms with Crippen LogP contribution in [0.5, 0.6) is 0 Å². The Hall–Kier alpha value is -0.220. The van der Waals surface area contributed by atoms with E-state index in [0.717, 1.165) is 18.6 Å². The number of carboxylic acid groups (broad SMARTS) is 1. The SMILES string of the molecule is O=C(O)C(O)C1CCCS1. The van der Waals surface area contributed by atoms with Crippen molar-refractivity contribution in [1.29, 1.82) is 0 Å². The first-order valence-corrected chi connectivity index (χ1v) is 4.29. The molecule has 0 aromatic heterocycles. The smallest absolute Gasteiger partial charge is 0.333 e. The molecular weight excluding hydrogens is 152 g/mol. The first-order valence-electron chi connectivity index (χ1n) is 3.24. The van der Waals surface area contributed by atoms with E-state index in [1.807, 2.05) is 0 Å². The third-order valence-electron chi connectivity index (χ3n) is 1.57. The lowest BCUT2D eigenvalue weighted by molar-refractivity contribution is -0.146. The van der Waals surface area contributed by atoms with E-state index in [4.69, 9.17) is 10.2 Å². The van der Waals surface area contributed by atoms with Gasteiger partial charge in [-0.05, 0) is 18.6 Å². The van der Waals surface area contributed by atoms with Gasteiger partial charge in [-0.1, -0.05) is 0 Å². The van der Waals surface area contributed by atoms with Crippen molar-refractivity contribution in [2.45, 2.75) is 24.2 Å². The normalized spacial score (nSPS) is 28.3. The maximum atomic E-state index is 10.2. The van der Waals surface area contributed by atoms with E-state index in [-0.39, 0.29) is 5.25 Å². The van der Waals surface area contributed by atoms with Crippen molar-refractivity contribution in [1.82, 2.24) is 0 Å². The molecule has 2 unspecified atom stereocenters. The predicted octanol–water partition coefficient (Wildman–Crippen LogP) is 0.328. The maximum absolute atomic E-state index is 10.2. The molecule has 0 spiro atoms. The molecule has 0 bridgehead atoms. The summed E-state index contributed by atoms with van der Waals surface area (Å²) in [5, 5.41) is 17.3. The topological polar surface area (TPSA) is 57.5 Å². The van der Waals surface area contributed by atoms with Gasteiger partial charge in [0.25, 0.3) is 0 Å².